The van der Waals surface area contributed by atoms with Crippen LogP contribution in [0.4, 0.5) is 34.1 Å². The van der Waals surface area contributed by atoms with E-state index in [1.54, 1.807) is 0 Å². The zero-order chi connectivity index (χ0) is 40.8. The van der Waals surface area contributed by atoms with Gasteiger partial charge in [-0.2, -0.15) is 0 Å². The van der Waals surface area contributed by atoms with Gasteiger partial charge < -0.3 is 14.2 Å². The van der Waals surface area contributed by atoms with Crippen LogP contribution in [-0.4, -0.2) is 0 Å². The molecule has 0 saturated carbocycles. The van der Waals surface area contributed by atoms with Crippen molar-refractivity contribution in [3.05, 3.63) is 253 Å². The lowest BCUT2D eigenvalue weighted by Crippen LogP contribution is -2.26. The summed E-state index contributed by atoms with van der Waals surface area (Å²) in [7, 11) is 0. The second-order valence-corrected chi connectivity index (χ2v) is 16.4. The fourth-order valence-electron chi connectivity index (χ4n) is 10.7. The smallest absolute Gasteiger partial charge is 0.143 e. The van der Waals surface area contributed by atoms with Gasteiger partial charge in [0.1, 0.15) is 11.2 Å². The van der Waals surface area contributed by atoms with Gasteiger partial charge in [0.2, 0.25) is 0 Å². The van der Waals surface area contributed by atoms with Crippen LogP contribution in [0.3, 0.4) is 0 Å². The third-order valence-corrected chi connectivity index (χ3v) is 13.2. The summed E-state index contributed by atoms with van der Waals surface area (Å²) in [6.45, 7) is 0. The maximum Gasteiger partial charge on any atom is 0.143 e. The van der Waals surface area contributed by atoms with Gasteiger partial charge in [0, 0.05) is 50.5 Å². The summed E-state index contributed by atoms with van der Waals surface area (Å²) in [5.74, 6) is 0. The van der Waals surface area contributed by atoms with Crippen molar-refractivity contribution in [1.82, 2.24) is 0 Å². The molecule has 0 amide bonds. The zero-order valence-electron chi connectivity index (χ0n) is 33.7. The predicted molar refractivity (Wildman–Crippen MR) is 257 cm³/mol. The Labute approximate surface area is 360 Å². The highest BCUT2D eigenvalue weighted by Crippen LogP contribution is 2.66. The van der Waals surface area contributed by atoms with Gasteiger partial charge in [-0.1, -0.05) is 152 Å². The van der Waals surface area contributed by atoms with Crippen molar-refractivity contribution in [3.63, 3.8) is 0 Å². The van der Waals surface area contributed by atoms with Crippen LogP contribution in [-0.2, 0) is 5.41 Å². The van der Waals surface area contributed by atoms with Crippen LogP contribution in [0.2, 0.25) is 0 Å². The van der Waals surface area contributed by atoms with Crippen molar-refractivity contribution in [2.24, 2.45) is 0 Å². The van der Waals surface area contributed by atoms with Gasteiger partial charge in [-0.25, -0.2) is 0 Å². The Morgan fingerprint density at radius 1 is 0.323 bits per heavy atom. The Hall–Kier alpha value is -8.14. The largest absolute Gasteiger partial charge is 0.455 e. The molecule has 1 unspecified atom stereocenters. The molecular formula is C59H38N2O. The minimum absolute atomic E-state index is 0.665. The van der Waals surface area contributed by atoms with Gasteiger partial charge >= 0.3 is 0 Å². The van der Waals surface area contributed by atoms with Gasteiger partial charge in [-0.3, -0.25) is 0 Å². The second kappa shape index (κ2) is 13.4. The Morgan fingerprint density at radius 3 is 1.48 bits per heavy atom. The predicted octanol–water partition coefficient (Wildman–Crippen LogP) is 16.0. The molecule has 0 fully saturated rings. The Bertz CT molecular complexity index is 3440. The van der Waals surface area contributed by atoms with Crippen LogP contribution in [0.15, 0.2) is 235 Å². The van der Waals surface area contributed by atoms with E-state index in [2.05, 4.69) is 240 Å². The molecule has 0 N–H and O–H groups in total. The standard InChI is InChI=1S/C59H38N2O/c1-5-18-40(19-6-1)60(41-20-7-2-8-21-41)44-31-35-52-51(37-44)56-53(36-34-50-48-27-15-16-28-55(48)62-58(50)56)59(52)54-38-45(61(42-22-9-3-10-23-42)43-24-11-4-12-25-43)30-33-47(54)49-32-29-39-17-13-14-26-46(39)57(49)59/h1-38H. The first kappa shape index (κ1) is 34.7. The van der Waals surface area contributed by atoms with Crippen molar-refractivity contribution in [2.75, 3.05) is 9.80 Å². The molecule has 0 saturated heterocycles. The third kappa shape index (κ3) is 4.88. The molecule has 1 heterocycles. The Morgan fingerprint density at radius 2 is 0.839 bits per heavy atom. The number of nitrogens with zero attached hydrogens (tertiary/aromatic N) is 2. The van der Waals surface area contributed by atoms with Crippen LogP contribution in [0.5, 0.6) is 0 Å². The van der Waals surface area contributed by atoms with Gasteiger partial charge in [0.05, 0.1) is 5.41 Å². The first-order chi connectivity index (χ1) is 30.8. The number of furan rings is 1. The van der Waals surface area contributed by atoms with Crippen LogP contribution < -0.4 is 9.80 Å². The van der Waals surface area contributed by atoms with E-state index in [4.69, 9.17) is 4.42 Å². The van der Waals surface area contributed by atoms with Crippen LogP contribution >= 0.6 is 0 Å². The van der Waals surface area contributed by atoms with E-state index in [-0.39, 0.29) is 0 Å². The zero-order valence-corrected chi connectivity index (χ0v) is 33.7. The number of hydrogen-bond donors (Lipinski definition) is 0. The Kier molecular flexibility index (Phi) is 7.52. The average Bonchev–Trinajstić information content (AvgIpc) is 3.97. The number of fused-ring (bicyclic) bond motifs is 16. The lowest BCUT2D eigenvalue weighted by molar-refractivity contribution is 0.669. The number of hydrogen-bond acceptors (Lipinski definition) is 3. The summed E-state index contributed by atoms with van der Waals surface area (Å²) in [6, 6.07) is 83.9. The lowest BCUT2D eigenvalue weighted by atomic mass is 9.69. The molecule has 290 valence electrons. The molecule has 0 aliphatic heterocycles. The van der Waals surface area contributed by atoms with E-state index >= 15 is 0 Å². The van der Waals surface area contributed by atoms with Crippen molar-refractivity contribution < 1.29 is 4.42 Å². The van der Waals surface area contributed by atoms with Crippen molar-refractivity contribution >= 4 is 66.8 Å². The maximum absolute atomic E-state index is 7.04. The Balaban J connectivity index is 1.16. The molecule has 1 atom stereocenters. The number of para-hydroxylation sites is 5. The highest BCUT2D eigenvalue weighted by molar-refractivity contribution is 6.14. The summed E-state index contributed by atoms with van der Waals surface area (Å²) in [4.78, 5) is 4.75. The molecule has 3 heteroatoms. The minimum Gasteiger partial charge on any atom is -0.455 e. The van der Waals surface area contributed by atoms with Gasteiger partial charge in [-0.05, 0) is 129 Å². The van der Waals surface area contributed by atoms with Crippen LogP contribution in [0.25, 0.3) is 55.0 Å². The average molecular weight is 791 g/mol. The summed E-state index contributed by atoms with van der Waals surface area (Å²) in [5.41, 5.74) is 17.7. The molecule has 0 radical (unpaired) electrons. The summed E-state index contributed by atoms with van der Waals surface area (Å²) in [6.07, 6.45) is 0. The van der Waals surface area contributed by atoms with Crippen molar-refractivity contribution in [1.29, 1.82) is 0 Å². The minimum atomic E-state index is -0.665. The van der Waals surface area contributed by atoms with Crippen molar-refractivity contribution in [3.8, 4) is 22.3 Å². The summed E-state index contributed by atoms with van der Waals surface area (Å²) in [5, 5.41) is 4.73. The molecule has 0 bridgehead atoms. The van der Waals surface area contributed by atoms with E-state index in [1.807, 2.05) is 0 Å². The highest BCUT2D eigenvalue weighted by Gasteiger charge is 2.54. The molecule has 1 aromatic heterocycles. The monoisotopic (exact) mass is 790 g/mol. The summed E-state index contributed by atoms with van der Waals surface area (Å²) < 4.78 is 7.04. The molecule has 13 rings (SSSR count). The molecule has 2 aliphatic carbocycles. The number of benzene rings is 10. The van der Waals surface area contributed by atoms with E-state index in [9.17, 15) is 0 Å². The van der Waals surface area contributed by atoms with E-state index < -0.39 is 5.41 Å². The molecule has 3 nitrogen and oxygen atoms in total. The topological polar surface area (TPSA) is 19.6 Å². The second-order valence-electron chi connectivity index (χ2n) is 16.4. The number of anilines is 6. The van der Waals surface area contributed by atoms with Gasteiger partial charge in [0.15, 0.2) is 0 Å². The first-order valence-corrected chi connectivity index (χ1v) is 21.3. The lowest BCUT2D eigenvalue weighted by Gasteiger charge is -2.33. The fourth-order valence-corrected chi connectivity index (χ4v) is 10.7. The first-order valence-electron chi connectivity index (χ1n) is 21.3. The van der Waals surface area contributed by atoms with Gasteiger partial charge in [-0.15, -0.1) is 0 Å². The normalized spacial score (nSPS) is 14.5. The highest BCUT2D eigenvalue weighted by atomic mass is 16.3. The maximum atomic E-state index is 7.04. The quantitative estimate of drug-likeness (QED) is 0.167. The molecule has 62 heavy (non-hydrogen) atoms. The van der Waals surface area contributed by atoms with Crippen LogP contribution in [0.1, 0.15) is 22.3 Å². The molecule has 11 aromatic rings. The molecular weight excluding hydrogens is 753 g/mol. The van der Waals surface area contributed by atoms with E-state index in [0.717, 1.165) is 61.6 Å². The fraction of sp³-hybridized carbons (Fsp3) is 0.0169. The molecule has 1 spiro atoms. The third-order valence-electron chi connectivity index (χ3n) is 13.2. The summed E-state index contributed by atoms with van der Waals surface area (Å²) >= 11 is 0. The van der Waals surface area contributed by atoms with Gasteiger partial charge in [0.25, 0.3) is 0 Å². The van der Waals surface area contributed by atoms with E-state index in [1.165, 1.54) is 49.7 Å². The SMILES string of the molecule is c1ccc(N(c2ccccc2)c2ccc3c(c2)-c2c(ccc4c2oc2ccccc24)C32c3cc(N(c4ccccc4)c4ccccc4)ccc3-c3ccc4ccccc4c32)cc1. The molecule has 10 aromatic carbocycles. The van der Waals surface area contributed by atoms with Crippen molar-refractivity contribution in [2.45, 2.75) is 5.41 Å². The van der Waals surface area contributed by atoms with E-state index in [0.29, 0.717) is 0 Å². The molecule has 2 aliphatic rings. The van der Waals surface area contributed by atoms with Crippen LogP contribution in [0, 0.1) is 0 Å². The number of rotatable bonds is 6.